The van der Waals surface area contributed by atoms with Gasteiger partial charge in [0.1, 0.15) is 5.60 Å². The number of aromatic amines is 1. The number of aromatic nitrogens is 4. The van der Waals surface area contributed by atoms with Gasteiger partial charge in [0.25, 0.3) is 0 Å². The largest absolute Gasteiger partial charge is 0.377 e. The van der Waals surface area contributed by atoms with Crippen molar-refractivity contribution in [2.45, 2.75) is 50.2 Å². The molecule has 2 aliphatic carbocycles. The third-order valence-corrected chi connectivity index (χ3v) is 6.35. The zero-order valence-corrected chi connectivity index (χ0v) is 15.4. The van der Waals surface area contributed by atoms with E-state index in [1.54, 1.807) is 19.2 Å². The van der Waals surface area contributed by atoms with Gasteiger partial charge in [-0.2, -0.15) is 5.10 Å². The topological polar surface area (TPSA) is 90.0 Å². The number of nitrogens with one attached hydrogen (secondary N) is 2. The third-order valence-electron chi connectivity index (χ3n) is 6.35. The maximum absolute atomic E-state index is 11.1. The predicted octanol–water partition coefficient (Wildman–Crippen LogP) is 1.52. The van der Waals surface area contributed by atoms with Crippen LogP contribution in [-0.4, -0.2) is 51.5 Å². The van der Waals surface area contributed by atoms with Crippen molar-refractivity contribution in [3.05, 3.63) is 35.4 Å². The van der Waals surface area contributed by atoms with E-state index in [0.29, 0.717) is 28.8 Å². The molecular formula is C19H26N6O. The quantitative estimate of drug-likeness (QED) is 0.729. The van der Waals surface area contributed by atoms with Gasteiger partial charge in [-0.15, -0.1) is 0 Å². The first kappa shape index (κ1) is 16.2. The van der Waals surface area contributed by atoms with E-state index >= 15 is 0 Å². The molecule has 0 aromatic carbocycles. The van der Waals surface area contributed by atoms with Crippen LogP contribution in [0.5, 0.6) is 0 Å². The lowest BCUT2D eigenvalue weighted by atomic mass is 9.70. The molecule has 0 spiro atoms. The SMILES string of the molecule is CNCC12CC(C1)N(c1nccc(C(C)(O)c3cc(C4CC4)[nH]n3)n1)C2. The summed E-state index contributed by atoms with van der Waals surface area (Å²) in [5, 5.41) is 21.9. The first-order valence-corrected chi connectivity index (χ1v) is 9.54. The van der Waals surface area contributed by atoms with Crippen LogP contribution in [0.3, 0.4) is 0 Å². The fourth-order valence-corrected chi connectivity index (χ4v) is 4.67. The molecule has 4 fully saturated rings. The lowest BCUT2D eigenvalue weighted by molar-refractivity contribution is 0.0924. The van der Waals surface area contributed by atoms with Gasteiger partial charge < -0.3 is 15.3 Å². The number of aliphatic hydroxyl groups is 1. The highest BCUT2D eigenvalue weighted by Gasteiger charge is 2.55. The monoisotopic (exact) mass is 354 g/mol. The minimum absolute atomic E-state index is 0.364. The van der Waals surface area contributed by atoms with Crippen molar-refractivity contribution in [3.63, 3.8) is 0 Å². The van der Waals surface area contributed by atoms with E-state index in [2.05, 4.69) is 25.4 Å². The molecule has 2 bridgehead atoms. The molecule has 4 aliphatic rings. The Bertz CT molecular complexity index is 821. The summed E-state index contributed by atoms with van der Waals surface area (Å²) in [5.74, 6) is 1.30. The van der Waals surface area contributed by atoms with Gasteiger partial charge in [0.05, 0.1) is 11.4 Å². The minimum atomic E-state index is -1.23. The number of H-pyrrole nitrogens is 1. The van der Waals surface area contributed by atoms with E-state index in [0.717, 1.165) is 24.7 Å². The van der Waals surface area contributed by atoms with E-state index in [9.17, 15) is 5.11 Å². The Morgan fingerprint density at radius 2 is 2.19 bits per heavy atom. The maximum atomic E-state index is 11.1. The van der Waals surface area contributed by atoms with E-state index in [1.807, 2.05) is 13.1 Å². The van der Waals surface area contributed by atoms with Crippen LogP contribution in [0.4, 0.5) is 5.95 Å². The Hall–Kier alpha value is -1.99. The number of anilines is 1. The molecule has 1 unspecified atom stereocenters. The Labute approximate surface area is 153 Å². The third kappa shape index (κ3) is 2.45. The molecular weight excluding hydrogens is 328 g/mol. The number of nitrogens with zero attached hydrogens (tertiary/aromatic N) is 4. The van der Waals surface area contributed by atoms with Crippen LogP contribution in [0.15, 0.2) is 18.3 Å². The first-order valence-electron chi connectivity index (χ1n) is 9.54. The number of hydrogen-bond acceptors (Lipinski definition) is 6. The van der Waals surface area contributed by atoms with Crippen LogP contribution in [0.25, 0.3) is 0 Å². The second-order valence-electron chi connectivity index (χ2n) is 8.52. The summed E-state index contributed by atoms with van der Waals surface area (Å²) < 4.78 is 0. The summed E-state index contributed by atoms with van der Waals surface area (Å²) >= 11 is 0. The molecule has 2 saturated carbocycles. The molecule has 2 aliphatic heterocycles. The van der Waals surface area contributed by atoms with Gasteiger partial charge >= 0.3 is 0 Å². The average Bonchev–Trinajstić information content (AvgIpc) is 3.06. The van der Waals surface area contributed by atoms with Gasteiger partial charge in [-0.25, -0.2) is 9.97 Å². The lowest BCUT2D eigenvalue weighted by Gasteiger charge is -2.36. The first-order chi connectivity index (χ1) is 12.5. The van der Waals surface area contributed by atoms with Gasteiger partial charge in [0.15, 0.2) is 0 Å². The molecule has 1 atom stereocenters. The predicted molar refractivity (Wildman–Crippen MR) is 98.0 cm³/mol. The van der Waals surface area contributed by atoms with Gasteiger partial charge in [0, 0.05) is 42.4 Å². The van der Waals surface area contributed by atoms with Crippen LogP contribution in [-0.2, 0) is 5.60 Å². The molecule has 0 radical (unpaired) electrons. The highest BCUT2D eigenvalue weighted by Crippen LogP contribution is 2.52. The van der Waals surface area contributed by atoms with Crippen LogP contribution in [0.2, 0.25) is 0 Å². The average molecular weight is 354 g/mol. The molecule has 7 heteroatoms. The van der Waals surface area contributed by atoms with Gasteiger partial charge in [-0.1, -0.05) is 0 Å². The van der Waals surface area contributed by atoms with Crippen molar-refractivity contribution in [2.24, 2.45) is 5.41 Å². The van der Waals surface area contributed by atoms with Gasteiger partial charge in [-0.05, 0) is 51.8 Å². The fraction of sp³-hybridized carbons (Fsp3) is 0.632. The van der Waals surface area contributed by atoms with Gasteiger partial charge in [-0.3, -0.25) is 5.10 Å². The summed E-state index contributed by atoms with van der Waals surface area (Å²) in [5.41, 5.74) is 1.48. The van der Waals surface area contributed by atoms with Crippen LogP contribution in [0.1, 0.15) is 55.6 Å². The van der Waals surface area contributed by atoms with Crippen molar-refractivity contribution in [3.8, 4) is 0 Å². The molecule has 7 nitrogen and oxygen atoms in total. The second kappa shape index (κ2) is 5.50. The lowest BCUT2D eigenvalue weighted by Crippen LogP contribution is -2.41. The van der Waals surface area contributed by atoms with Crippen molar-refractivity contribution in [1.82, 2.24) is 25.5 Å². The van der Waals surface area contributed by atoms with Crippen LogP contribution in [0, 0.1) is 5.41 Å². The molecule has 2 aromatic heterocycles. The van der Waals surface area contributed by atoms with E-state index < -0.39 is 5.60 Å². The molecule has 6 rings (SSSR count). The van der Waals surface area contributed by atoms with Crippen molar-refractivity contribution < 1.29 is 5.11 Å². The van der Waals surface area contributed by atoms with Crippen molar-refractivity contribution in [2.75, 3.05) is 25.0 Å². The summed E-state index contributed by atoms with van der Waals surface area (Å²) in [6, 6.07) is 4.29. The van der Waals surface area contributed by atoms with E-state index in [1.165, 1.54) is 25.7 Å². The summed E-state index contributed by atoms with van der Waals surface area (Å²) in [4.78, 5) is 11.5. The summed E-state index contributed by atoms with van der Waals surface area (Å²) in [6.07, 6.45) is 6.54. The molecule has 2 aromatic rings. The number of rotatable bonds is 6. The number of hydrogen-bond donors (Lipinski definition) is 3. The maximum Gasteiger partial charge on any atom is 0.225 e. The second-order valence-corrected chi connectivity index (χ2v) is 8.52. The Kier molecular flexibility index (Phi) is 3.43. The molecule has 2 saturated heterocycles. The minimum Gasteiger partial charge on any atom is -0.377 e. The Balaban J connectivity index is 1.41. The summed E-state index contributed by atoms with van der Waals surface area (Å²) in [6.45, 7) is 3.78. The molecule has 138 valence electrons. The van der Waals surface area contributed by atoms with Crippen LogP contribution >= 0.6 is 0 Å². The molecule has 3 N–H and O–H groups in total. The van der Waals surface area contributed by atoms with Gasteiger partial charge in [0.2, 0.25) is 5.95 Å². The van der Waals surface area contributed by atoms with Crippen molar-refractivity contribution in [1.29, 1.82) is 0 Å². The smallest absolute Gasteiger partial charge is 0.225 e. The Morgan fingerprint density at radius 1 is 1.38 bits per heavy atom. The summed E-state index contributed by atoms with van der Waals surface area (Å²) in [7, 11) is 2.01. The molecule has 0 amide bonds. The highest BCUT2D eigenvalue weighted by molar-refractivity contribution is 5.42. The standard InChI is InChI=1S/C19H26N6O/c1-18(26,16-7-14(23-24-16)12-3-4-12)15-5-6-21-17(22-15)25-11-19(10-20-2)8-13(25)9-19/h5-7,12-13,20,26H,3-4,8-11H2,1-2H3,(H,23,24). The molecule has 4 heterocycles. The van der Waals surface area contributed by atoms with Crippen LogP contribution < -0.4 is 10.2 Å². The highest BCUT2D eigenvalue weighted by atomic mass is 16.3. The molecule has 26 heavy (non-hydrogen) atoms. The number of fused-ring (bicyclic) bond motifs is 1. The van der Waals surface area contributed by atoms with E-state index in [-0.39, 0.29) is 0 Å². The normalized spacial score (nSPS) is 29.5. The fourth-order valence-electron chi connectivity index (χ4n) is 4.67. The zero-order valence-electron chi connectivity index (χ0n) is 15.4. The zero-order chi connectivity index (χ0) is 17.9. The Morgan fingerprint density at radius 3 is 2.92 bits per heavy atom. The van der Waals surface area contributed by atoms with Crippen molar-refractivity contribution >= 4 is 5.95 Å². The van der Waals surface area contributed by atoms with E-state index in [4.69, 9.17) is 4.98 Å².